The van der Waals surface area contributed by atoms with Gasteiger partial charge >= 0.3 is 11.9 Å². The summed E-state index contributed by atoms with van der Waals surface area (Å²) in [5.74, 6) is -1.38. The van der Waals surface area contributed by atoms with Gasteiger partial charge in [0.05, 0.1) is 17.9 Å². The number of hydrogen-bond acceptors (Lipinski definition) is 3. The predicted molar refractivity (Wildman–Crippen MR) is 58.7 cm³/mol. The lowest BCUT2D eigenvalue weighted by Gasteiger charge is -2.06. The Labute approximate surface area is 97.8 Å². The Balaban J connectivity index is 2.62. The Kier molecular flexibility index (Phi) is 4.31. The minimum Gasteiger partial charge on any atom is -0.481 e. The standard InChI is InChI=1S/C11H11ClO4/c1-7-2-3-8(12)9(6-7)16-11(15)5-4-10(13)14/h2-3,6H,4-5H2,1H3,(H,13,14). The van der Waals surface area contributed by atoms with E-state index in [1.165, 1.54) is 0 Å². The summed E-state index contributed by atoms with van der Waals surface area (Å²) in [6.07, 6.45) is -0.415. The normalized spacial score (nSPS) is 9.88. The van der Waals surface area contributed by atoms with Crippen molar-refractivity contribution >= 4 is 23.5 Å². The topological polar surface area (TPSA) is 63.6 Å². The fourth-order valence-electron chi connectivity index (χ4n) is 1.07. The van der Waals surface area contributed by atoms with Crippen molar-refractivity contribution in [3.05, 3.63) is 28.8 Å². The molecule has 0 heterocycles. The van der Waals surface area contributed by atoms with E-state index in [-0.39, 0.29) is 18.6 Å². The Bertz CT molecular complexity index is 414. The lowest BCUT2D eigenvalue weighted by atomic mass is 10.2. The number of carboxylic acid groups (broad SMARTS) is 1. The van der Waals surface area contributed by atoms with Gasteiger partial charge in [-0.3, -0.25) is 9.59 Å². The van der Waals surface area contributed by atoms with Gasteiger partial charge < -0.3 is 9.84 Å². The molecule has 0 atom stereocenters. The van der Waals surface area contributed by atoms with Crippen LogP contribution in [0.2, 0.25) is 5.02 Å². The highest BCUT2D eigenvalue weighted by Crippen LogP contribution is 2.25. The van der Waals surface area contributed by atoms with E-state index >= 15 is 0 Å². The summed E-state index contributed by atoms with van der Waals surface area (Å²) in [6.45, 7) is 1.84. The van der Waals surface area contributed by atoms with Gasteiger partial charge in [0.25, 0.3) is 0 Å². The molecule has 4 nitrogen and oxygen atoms in total. The number of benzene rings is 1. The van der Waals surface area contributed by atoms with Gasteiger partial charge in [-0.1, -0.05) is 17.7 Å². The van der Waals surface area contributed by atoms with Gasteiger partial charge in [0.1, 0.15) is 5.75 Å². The van der Waals surface area contributed by atoms with Gasteiger partial charge in [-0.05, 0) is 24.6 Å². The molecule has 0 amide bonds. The van der Waals surface area contributed by atoms with Crippen LogP contribution in [0, 0.1) is 6.92 Å². The van der Waals surface area contributed by atoms with Crippen LogP contribution >= 0.6 is 11.6 Å². The number of carbonyl (C=O) groups excluding carboxylic acids is 1. The lowest BCUT2D eigenvalue weighted by molar-refractivity contribution is -0.142. The van der Waals surface area contributed by atoms with Crippen LogP contribution in [0.4, 0.5) is 0 Å². The molecule has 16 heavy (non-hydrogen) atoms. The van der Waals surface area contributed by atoms with Gasteiger partial charge in [-0.15, -0.1) is 0 Å². The molecule has 0 aromatic heterocycles. The summed E-state index contributed by atoms with van der Waals surface area (Å²) in [5, 5.41) is 8.72. The van der Waals surface area contributed by atoms with Gasteiger partial charge in [-0.2, -0.15) is 0 Å². The number of carboxylic acids is 1. The zero-order chi connectivity index (χ0) is 12.1. The second-order valence-corrected chi connectivity index (χ2v) is 3.71. The third-order valence-corrected chi connectivity index (χ3v) is 2.17. The highest BCUT2D eigenvalue weighted by Gasteiger charge is 2.10. The Morgan fingerprint density at radius 2 is 2.06 bits per heavy atom. The van der Waals surface area contributed by atoms with Crippen molar-refractivity contribution in [1.82, 2.24) is 0 Å². The fourth-order valence-corrected chi connectivity index (χ4v) is 1.23. The van der Waals surface area contributed by atoms with Crippen LogP contribution in [0.1, 0.15) is 18.4 Å². The van der Waals surface area contributed by atoms with E-state index in [2.05, 4.69) is 0 Å². The maximum atomic E-state index is 11.2. The predicted octanol–water partition coefficient (Wildman–Crippen LogP) is 2.42. The third kappa shape index (κ3) is 3.90. The second kappa shape index (κ2) is 5.51. The number of halogens is 1. The van der Waals surface area contributed by atoms with Crippen molar-refractivity contribution in [2.45, 2.75) is 19.8 Å². The first-order valence-corrected chi connectivity index (χ1v) is 5.05. The molecule has 0 radical (unpaired) electrons. The number of esters is 1. The van der Waals surface area contributed by atoms with Gasteiger partial charge in [-0.25, -0.2) is 0 Å². The first-order valence-electron chi connectivity index (χ1n) is 4.67. The van der Waals surface area contributed by atoms with Crippen molar-refractivity contribution in [3.63, 3.8) is 0 Å². The average molecular weight is 243 g/mol. The van der Waals surface area contributed by atoms with E-state index in [1.54, 1.807) is 18.2 Å². The number of aryl methyl sites for hydroxylation is 1. The largest absolute Gasteiger partial charge is 0.481 e. The molecule has 0 saturated heterocycles. The van der Waals surface area contributed by atoms with Crippen molar-refractivity contribution in [1.29, 1.82) is 0 Å². The van der Waals surface area contributed by atoms with E-state index < -0.39 is 11.9 Å². The van der Waals surface area contributed by atoms with Crippen molar-refractivity contribution in [2.75, 3.05) is 0 Å². The summed E-state index contributed by atoms with van der Waals surface area (Å²) in [7, 11) is 0. The molecular formula is C11H11ClO4. The summed E-state index contributed by atoms with van der Waals surface area (Å²) in [6, 6.07) is 5.04. The van der Waals surface area contributed by atoms with Crippen LogP contribution in [-0.4, -0.2) is 17.0 Å². The number of aliphatic carboxylic acids is 1. The lowest BCUT2D eigenvalue weighted by Crippen LogP contribution is -2.10. The average Bonchev–Trinajstić information content (AvgIpc) is 2.20. The summed E-state index contributed by atoms with van der Waals surface area (Å²) < 4.78 is 4.94. The van der Waals surface area contributed by atoms with Gasteiger partial charge in [0.15, 0.2) is 0 Å². The van der Waals surface area contributed by atoms with E-state index in [0.717, 1.165) is 5.56 Å². The minimum absolute atomic E-state index is 0.167. The zero-order valence-electron chi connectivity index (χ0n) is 8.70. The van der Waals surface area contributed by atoms with Crippen LogP contribution in [-0.2, 0) is 9.59 Å². The van der Waals surface area contributed by atoms with Crippen LogP contribution in [0.25, 0.3) is 0 Å². The third-order valence-electron chi connectivity index (χ3n) is 1.85. The molecule has 1 aromatic carbocycles. The monoisotopic (exact) mass is 242 g/mol. The molecule has 0 aliphatic rings. The molecule has 0 aliphatic carbocycles. The fraction of sp³-hybridized carbons (Fsp3) is 0.273. The van der Waals surface area contributed by atoms with E-state index in [4.69, 9.17) is 21.4 Å². The highest BCUT2D eigenvalue weighted by atomic mass is 35.5. The molecule has 5 heteroatoms. The first-order chi connectivity index (χ1) is 7.49. The van der Waals surface area contributed by atoms with E-state index in [9.17, 15) is 9.59 Å². The number of ether oxygens (including phenoxy) is 1. The summed E-state index contributed by atoms with van der Waals surface area (Å²) in [5.41, 5.74) is 0.908. The molecule has 0 unspecified atom stereocenters. The molecular weight excluding hydrogens is 232 g/mol. The number of carbonyl (C=O) groups is 2. The van der Waals surface area contributed by atoms with Crippen LogP contribution in [0.3, 0.4) is 0 Å². The molecule has 0 spiro atoms. The van der Waals surface area contributed by atoms with Gasteiger partial charge in [0, 0.05) is 0 Å². The maximum absolute atomic E-state index is 11.2. The molecule has 0 bridgehead atoms. The van der Waals surface area contributed by atoms with Crippen molar-refractivity contribution < 1.29 is 19.4 Å². The Morgan fingerprint density at radius 3 is 2.69 bits per heavy atom. The SMILES string of the molecule is Cc1ccc(Cl)c(OC(=O)CCC(=O)O)c1. The quantitative estimate of drug-likeness (QED) is 0.651. The van der Waals surface area contributed by atoms with Crippen molar-refractivity contribution in [3.8, 4) is 5.75 Å². The van der Waals surface area contributed by atoms with Crippen molar-refractivity contribution in [2.24, 2.45) is 0 Å². The molecule has 1 aromatic rings. The highest BCUT2D eigenvalue weighted by molar-refractivity contribution is 6.32. The summed E-state index contributed by atoms with van der Waals surface area (Å²) in [4.78, 5) is 21.5. The Hall–Kier alpha value is -1.55. The minimum atomic E-state index is -1.03. The maximum Gasteiger partial charge on any atom is 0.311 e. The molecule has 0 saturated carbocycles. The Morgan fingerprint density at radius 1 is 1.38 bits per heavy atom. The second-order valence-electron chi connectivity index (χ2n) is 3.30. The molecule has 86 valence electrons. The van der Waals surface area contributed by atoms with E-state index in [0.29, 0.717) is 5.02 Å². The number of rotatable bonds is 4. The molecule has 1 N–H and O–H groups in total. The number of hydrogen-bond donors (Lipinski definition) is 1. The van der Waals surface area contributed by atoms with Crippen LogP contribution < -0.4 is 4.74 Å². The molecule has 0 fully saturated rings. The van der Waals surface area contributed by atoms with Crippen LogP contribution in [0.15, 0.2) is 18.2 Å². The molecule has 0 aliphatic heterocycles. The smallest absolute Gasteiger partial charge is 0.311 e. The van der Waals surface area contributed by atoms with Crippen LogP contribution in [0.5, 0.6) is 5.75 Å². The first kappa shape index (κ1) is 12.5. The van der Waals surface area contributed by atoms with E-state index in [1.807, 2.05) is 6.92 Å². The molecule has 1 rings (SSSR count). The van der Waals surface area contributed by atoms with Gasteiger partial charge in [0.2, 0.25) is 0 Å². The zero-order valence-corrected chi connectivity index (χ0v) is 9.45. The summed E-state index contributed by atoms with van der Waals surface area (Å²) >= 11 is 5.81.